The Morgan fingerprint density at radius 3 is 2.39 bits per heavy atom. The van der Waals surface area contributed by atoms with Crippen molar-refractivity contribution in [2.45, 2.75) is 58.2 Å². The van der Waals surface area contributed by atoms with Gasteiger partial charge in [-0.3, -0.25) is 9.59 Å². The summed E-state index contributed by atoms with van der Waals surface area (Å²) in [6.45, 7) is 5.33. The van der Waals surface area contributed by atoms with Crippen LogP contribution < -0.4 is 5.73 Å². The van der Waals surface area contributed by atoms with Crippen LogP contribution in [-0.2, 0) is 19.1 Å². The molecule has 0 spiro atoms. The molecular weight excluding hydrogens is 234 g/mol. The molecule has 2 N–H and O–H groups in total. The molecule has 104 valence electrons. The van der Waals surface area contributed by atoms with Crippen LogP contribution in [0.5, 0.6) is 0 Å². The molecule has 0 aliphatic heterocycles. The topological polar surface area (TPSA) is 78.6 Å². The molecular formula is C13H23NO4. The number of carbonyl (C=O) groups excluding carboxylic acids is 2. The third kappa shape index (κ3) is 4.64. The van der Waals surface area contributed by atoms with Crippen molar-refractivity contribution in [1.29, 1.82) is 0 Å². The van der Waals surface area contributed by atoms with Gasteiger partial charge in [0.05, 0.1) is 12.5 Å². The molecule has 0 radical (unpaired) electrons. The second kappa shape index (κ2) is 6.18. The van der Waals surface area contributed by atoms with Crippen LogP contribution >= 0.6 is 0 Å². The number of rotatable bonds is 3. The van der Waals surface area contributed by atoms with E-state index in [0.29, 0.717) is 12.8 Å². The molecule has 0 aromatic carbocycles. The van der Waals surface area contributed by atoms with Crippen molar-refractivity contribution in [2.75, 3.05) is 6.54 Å². The zero-order chi connectivity index (χ0) is 13.8. The lowest BCUT2D eigenvalue weighted by Gasteiger charge is -2.31. The maximum absolute atomic E-state index is 12.0. The molecule has 1 aliphatic rings. The molecule has 1 rings (SSSR count). The van der Waals surface area contributed by atoms with Crippen molar-refractivity contribution in [3.05, 3.63) is 0 Å². The molecule has 5 nitrogen and oxygen atoms in total. The Morgan fingerprint density at radius 1 is 1.22 bits per heavy atom. The highest BCUT2D eigenvalue weighted by atomic mass is 16.6. The van der Waals surface area contributed by atoms with Gasteiger partial charge >= 0.3 is 11.9 Å². The van der Waals surface area contributed by atoms with Crippen molar-refractivity contribution >= 4 is 11.9 Å². The summed E-state index contributed by atoms with van der Waals surface area (Å²) in [6.07, 6.45) is 2.94. The molecule has 18 heavy (non-hydrogen) atoms. The normalized spacial score (nSPS) is 24.4. The first kappa shape index (κ1) is 15.0. The van der Waals surface area contributed by atoms with E-state index in [1.54, 1.807) is 0 Å². The van der Waals surface area contributed by atoms with E-state index in [-0.39, 0.29) is 24.5 Å². The highest BCUT2D eigenvalue weighted by Crippen LogP contribution is 2.29. The monoisotopic (exact) mass is 257 g/mol. The minimum atomic E-state index is -0.517. The summed E-state index contributed by atoms with van der Waals surface area (Å²) >= 11 is 0. The summed E-state index contributed by atoms with van der Waals surface area (Å²) in [5, 5.41) is 0. The zero-order valence-corrected chi connectivity index (χ0v) is 11.4. The van der Waals surface area contributed by atoms with Crippen LogP contribution in [0, 0.1) is 5.92 Å². The summed E-state index contributed by atoms with van der Waals surface area (Å²) in [7, 11) is 0. The smallest absolute Gasteiger partial charge is 0.319 e. The van der Waals surface area contributed by atoms with Gasteiger partial charge in [-0.2, -0.15) is 0 Å². The van der Waals surface area contributed by atoms with E-state index in [1.165, 1.54) is 0 Å². The molecule has 0 bridgehead atoms. The molecule has 2 atom stereocenters. The molecule has 0 heterocycles. The standard InChI is InChI=1S/C13H23NO4/c1-13(2,3)18-12(16)9-6-4-5-7-10(9)17-11(15)8-14/h9-10H,4-8,14H2,1-3H3. The zero-order valence-electron chi connectivity index (χ0n) is 11.4. The minimum absolute atomic E-state index is 0.155. The van der Waals surface area contributed by atoms with Crippen LogP contribution in [0.4, 0.5) is 0 Å². The Labute approximate surface area is 108 Å². The van der Waals surface area contributed by atoms with E-state index < -0.39 is 11.6 Å². The van der Waals surface area contributed by atoms with Crippen molar-refractivity contribution in [1.82, 2.24) is 0 Å². The number of esters is 2. The van der Waals surface area contributed by atoms with Gasteiger partial charge in [-0.05, 0) is 40.0 Å². The number of hydrogen-bond acceptors (Lipinski definition) is 5. The van der Waals surface area contributed by atoms with Gasteiger partial charge in [0.15, 0.2) is 0 Å². The fourth-order valence-electron chi connectivity index (χ4n) is 2.10. The van der Waals surface area contributed by atoms with Crippen molar-refractivity contribution in [2.24, 2.45) is 11.7 Å². The van der Waals surface area contributed by atoms with Crippen molar-refractivity contribution < 1.29 is 19.1 Å². The Kier molecular flexibility index (Phi) is 5.14. The second-order valence-electron chi connectivity index (χ2n) is 5.66. The van der Waals surface area contributed by atoms with E-state index in [4.69, 9.17) is 15.2 Å². The van der Waals surface area contributed by atoms with Crippen LogP contribution in [0.25, 0.3) is 0 Å². The van der Waals surface area contributed by atoms with E-state index >= 15 is 0 Å². The van der Waals surface area contributed by atoms with Gasteiger partial charge in [0, 0.05) is 0 Å². The summed E-state index contributed by atoms with van der Waals surface area (Å²) < 4.78 is 10.6. The van der Waals surface area contributed by atoms with Crippen LogP contribution in [-0.4, -0.2) is 30.2 Å². The Morgan fingerprint density at radius 2 is 1.83 bits per heavy atom. The molecule has 1 saturated carbocycles. The third-order valence-electron chi connectivity index (χ3n) is 2.86. The maximum Gasteiger partial charge on any atom is 0.319 e. The van der Waals surface area contributed by atoms with Gasteiger partial charge in [-0.1, -0.05) is 6.42 Å². The van der Waals surface area contributed by atoms with E-state index in [9.17, 15) is 9.59 Å². The molecule has 1 fully saturated rings. The van der Waals surface area contributed by atoms with Gasteiger partial charge in [-0.15, -0.1) is 0 Å². The van der Waals surface area contributed by atoms with Gasteiger partial charge in [-0.25, -0.2) is 0 Å². The quantitative estimate of drug-likeness (QED) is 0.773. The average molecular weight is 257 g/mol. The fourth-order valence-corrected chi connectivity index (χ4v) is 2.10. The third-order valence-corrected chi connectivity index (χ3v) is 2.86. The number of nitrogens with two attached hydrogens (primary N) is 1. The predicted molar refractivity (Wildman–Crippen MR) is 66.7 cm³/mol. The van der Waals surface area contributed by atoms with Crippen LogP contribution in [0.2, 0.25) is 0 Å². The Hall–Kier alpha value is -1.10. The van der Waals surface area contributed by atoms with Crippen LogP contribution in [0.15, 0.2) is 0 Å². The Balaban J connectivity index is 2.64. The molecule has 0 aromatic heterocycles. The first-order valence-corrected chi connectivity index (χ1v) is 6.46. The largest absolute Gasteiger partial charge is 0.461 e. The number of carbonyl (C=O) groups is 2. The van der Waals surface area contributed by atoms with Crippen molar-refractivity contribution in [3.63, 3.8) is 0 Å². The second-order valence-corrected chi connectivity index (χ2v) is 5.66. The molecule has 5 heteroatoms. The molecule has 0 saturated heterocycles. The van der Waals surface area contributed by atoms with Gasteiger partial charge < -0.3 is 15.2 Å². The first-order valence-electron chi connectivity index (χ1n) is 6.46. The molecule has 0 amide bonds. The number of ether oxygens (including phenoxy) is 2. The van der Waals surface area contributed by atoms with Crippen molar-refractivity contribution in [3.8, 4) is 0 Å². The molecule has 0 aromatic rings. The lowest BCUT2D eigenvalue weighted by Crippen LogP contribution is -2.40. The summed E-state index contributed by atoms with van der Waals surface area (Å²) in [5.74, 6) is -1.10. The highest BCUT2D eigenvalue weighted by molar-refractivity contribution is 5.75. The first-order chi connectivity index (χ1) is 8.33. The Bertz CT molecular complexity index is 309. The maximum atomic E-state index is 12.0. The lowest BCUT2D eigenvalue weighted by atomic mass is 9.86. The SMILES string of the molecule is CC(C)(C)OC(=O)C1CCCCC1OC(=O)CN. The average Bonchev–Trinajstić information content (AvgIpc) is 2.27. The van der Waals surface area contributed by atoms with E-state index in [2.05, 4.69) is 0 Å². The summed E-state index contributed by atoms with van der Waals surface area (Å²) in [5.41, 5.74) is 4.70. The fraction of sp³-hybridized carbons (Fsp3) is 0.846. The van der Waals surface area contributed by atoms with Crippen LogP contribution in [0.3, 0.4) is 0 Å². The number of hydrogen-bond donors (Lipinski definition) is 1. The lowest BCUT2D eigenvalue weighted by molar-refractivity contribution is -0.171. The van der Waals surface area contributed by atoms with Gasteiger partial charge in [0.1, 0.15) is 11.7 Å². The summed E-state index contributed by atoms with van der Waals surface area (Å²) in [4.78, 5) is 23.3. The molecule has 1 aliphatic carbocycles. The van der Waals surface area contributed by atoms with Crippen LogP contribution in [0.1, 0.15) is 46.5 Å². The predicted octanol–water partition coefficient (Wildman–Crippen LogP) is 1.39. The van der Waals surface area contributed by atoms with Gasteiger partial charge in [0.2, 0.25) is 0 Å². The molecule has 2 unspecified atom stereocenters. The minimum Gasteiger partial charge on any atom is -0.461 e. The van der Waals surface area contributed by atoms with Gasteiger partial charge in [0.25, 0.3) is 0 Å². The summed E-state index contributed by atoms with van der Waals surface area (Å²) in [6, 6.07) is 0. The van der Waals surface area contributed by atoms with E-state index in [0.717, 1.165) is 12.8 Å². The van der Waals surface area contributed by atoms with E-state index in [1.807, 2.05) is 20.8 Å². The highest BCUT2D eigenvalue weighted by Gasteiger charge is 2.36.